The molecule has 0 radical (unpaired) electrons. The summed E-state index contributed by atoms with van der Waals surface area (Å²) in [5, 5.41) is 3.41. The number of hydrogen-bond donors (Lipinski definition) is 1. The molecule has 0 spiro atoms. The lowest BCUT2D eigenvalue weighted by molar-refractivity contribution is 0.517. The quantitative estimate of drug-likeness (QED) is 0.822. The van der Waals surface area contributed by atoms with Crippen LogP contribution >= 0.6 is 0 Å². The monoisotopic (exact) mass is 207 g/mol. The van der Waals surface area contributed by atoms with E-state index in [-0.39, 0.29) is 0 Å². The summed E-state index contributed by atoms with van der Waals surface area (Å²) in [6.07, 6.45) is 9.09. The lowest BCUT2D eigenvalue weighted by Gasteiger charge is -2.10. The predicted molar refractivity (Wildman–Crippen MR) is 63.0 cm³/mol. The van der Waals surface area contributed by atoms with Crippen LogP contribution in [0.4, 0.5) is 5.95 Å². The van der Waals surface area contributed by atoms with Gasteiger partial charge in [0.15, 0.2) is 0 Å². The standard InChI is InChI=1S/C12H21N3/c1-10-9-15(2)12(14-10)13-8-7-11-5-3-4-6-11/h9,11H,3-8H2,1-2H3,(H,13,14). The number of nitrogens with zero attached hydrogens (tertiary/aromatic N) is 2. The minimum Gasteiger partial charge on any atom is -0.356 e. The molecular weight excluding hydrogens is 186 g/mol. The van der Waals surface area contributed by atoms with E-state index in [0.29, 0.717) is 0 Å². The number of hydrogen-bond acceptors (Lipinski definition) is 2. The van der Waals surface area contributed by atoms with Gasteiger partial charge in [-0.25, -0.2) is 4.98 Å². The first kappa shape index (κ1) is 10.5. The lowest BCUT2D eigenvalue weighted by Crippen LogP contribution is -2.09. The molecule has 1 aromatic heterocycles. The fourth-order valence-electron chi connectivity index (χ4n) is 2.47. The molecule has 0 bridgehead atoms. The van der Waals surface area contributed by atoms with Crippen LogP contribution in [0.3, 0.4) is 0 Å². The van der Waals surface area contributed by atoms with Crippen LogP contribution in [0.25, 0.3) is 0 Å². The van der Waals surface area contributed by atoms with Crippen molar-refractivity contribution in [3.8, 4) is 0 Å². The molecule has 0 aliphatic heterocycles. The average Bonchev–Trinajstić information content (AvgIpc) is 2.77. The molecule has 1 saturated carbocycles. The zero-order valence-corrected chi connectivity index (χ0v) is 9.79. The van der Waals surface area contributed by atoms with E-state index < -0.39 is 0 Å². The summed E-state index contributed by atoms with van der Waals surface area (Å²) in [5.41, 5.74) is 1.08. The molecule has 1 fully saturated rings. The SMILES string of the molecule is Cc1cn(C)c(NCCC2CCCC2)n1. The Balaban J connectivity index is 1.75. The molecule has 15 heavy (non-hydrogen) atoms. The highest BCUT2D eigenvalue weighted by molar-refractivity contribution is 5.27. The van der Waals surface area contributed by atoms with Crippen LogP contribution in [0.15, 0.2) is 6.20 Å². The molecule has 84 valence electrons. The topological polar surface area (TPSA) is 29.9 Å². The molecule has 1 aliphatic carbocycles. The molecule has 2 rings (SSSR count). The largest absolute Gasteiger partial charge is 0.356 e. The van der Waals surface area contributed by atoms with E-state index in [2.05, 4.69) is 21.1 Å². The van der Waals surface area contributed by atoms with Crippen molar-refractivity contribution in [2.45, 2.75) is 39.0 Å². The van der Waals surface area contributed by atoms with Crippen molar-refractivity contribution in [1.29, 1.82) is 0 Å². The normalized spacial score (nSPS) is 17.2. The summed E-state index contributed by atoms with van der Waals surface area (Å²) in [5.74, 6) is 1.96. The Labute approximate surface area is 91.9 Å². The molecule has 1 heterocycles. The van der Waals surface area contributed by atoms with Crippen molar-refractivity contribution in [2.24, 2.45) is 13.0 Å². The van der Waals surface area contributed by atoms with Crippen LogP contribution in [0, 0.1) is 12.8 Å². The highest BCUT2D eigenvalue weighted by Crippen LogP contribution is 2.27. The molecule has 1 N–H and O–H groups in total. The Bertz CT molecular complexity index is 311. The highest BCUT2D eigenvalue weighted by Gasteiger charge is 2.14. The van der Waals surface area contributed by atoms with Gasteiger partial charge in [-0.15, -0.1) is 0 Å². The summed E-state index contributed by atoms with van der Waals surface area (Å²) < 4.78 is 2.06. The zero-order valence-electron chi connectivity index (χ0n) is 9.79. The summed E-state index contributed by atoms with van der Waals surface area (Å²) in [7, 11) is 2.04. The number of imidazole rings is 1. The lowest BCUT2D eigenvalue weighted by atomic mass is 10.0. The van der Waals surface area contributed by atoms with E-state index in [0.717, 1.165) is 24.1 Å². The first-order chi connectivity index (χ1) is 7.25. The van der Waals surface area contributed by atoms with Gasteiger partial charge < -0.3 is 9.88 Å². The van der Waals surface area contributed by atoms with Crippen molar-refractivity contribution < 1.29 is 0 Å². The number of aromatic nitrogens is 2. The van der Waals surface area contributed by atoms with E-state index in [4.69, 9.17) is 0 Å². The minimum atomic E-state index is 0.957. The number of aryl methyl sites for hydroxylation is 2. The Morgan fingerprint density at radius 1 is 1.47 bits per heavy atom. The number of anilines is 1. The maximum Gasteiger partial charge on any atom is 0.202 e. The van der Waals surface area contributed by atoms with Crippen molar-refractivity contribution in [2.75, 3.05) is 11.9 Å². The molecule has 3 nitrogen and oxygen atoms in total. The molecular formula is C12H21N3. The van der Waals surface area contributed by atoms with E-state index in [1.54, 1.807) is 0 Å². The molecule has 1 aromatic rings. The highest BCUT2D eigenvalue weighted by atomic mass is 15.2. The third-order valence-corrected chi connectivity index (χ3v) is 3.31. The maximum absolute atomic E-state index is 4.43. The van der Waals surface area contributed by atoms with Gasteiger partial charge >= 0.3 is 0 Å². The average molecular weight is 207 g/mol. The Morgan fingerprint density at radius 3 is 2.80 bits per heavy atom. The fourth-order valence-corrected chi connectivity index (χ4v) is 2.47. The van der Waals surface area contributed by atoms with Gasteiger partial charge in [-0.1, -0.05) is 25.7 Å². The summed E-state index contributed by atoms with van der Waals surface area (Å²) in [4.78, 5) is 4.43. The summed E-state index contributed by atoms with van der Waals surface area (Å²) in [6.45, 7) is 3.09. The number of nitrogens with one attached hydrogen (secondary N) is 1. The predicted octanol–water partition coefficient (Wildman–Crippen LogP) is 2.72. The maximum atomic E-state index is 4.43. The first-order valence-electron chi connectivity index (χ1n) is 5.99. The van der Waals surface area contributed by atoms with Crippen LogP contribution in [0.1, 0.15) is 37.8 Å². The van der Waals surface area contributed by atoms with Crippen LogP contribution in [-0.4, -0.2) is 16.1 Å². The van der Waals surface area contributed by atoms with Crippen molar-refractivity contribution >= 4 is 5.95 Å². The van der Waals surface area contributed by atoms with E-state index in [1.807, 2.05) is 14.0 Å². The van der Waals surface area contributed by atoms with Gasteiger partial charge in [0.05, 0.1) is 5.69 Å². The van der Waals surface area contributed by atoms with Gasteiger partial charge in [0.2, 0.25) is 5.95 Å². The Kier molecular flexibility index (Phi) is 3.29. The van der Waals surface area contributed by atoms with E-state index >= 15 is 0 Å². The van der Waals surface area contributed by atoms with Crippen LogP contribution in [0.2, 0.25) is 0 Å². The second kappa shape index (κ2) is 4.69. The second-order valence-corrected chi connectivity index (χ2v) is 4.68. The molecule has 0 aromatic carbocycles. The number of rotatable bonds is 4. The summed E-state index contributed by atoms with van der Waals surface area (Å²) >= 11 is 0. The molecule has 0 atom stereocenters. The zero-order chi connectivity index (χ0) is 10.7. The van der Waals surface area contributed by atoms with Gasteiger partial charge in [0.1, 0.15) is 0 Å². The minimum absolute atomic E-state index is 0.957. The molecule has 3 heteroatoms. The van der Waals surface area contributed by atoms with Crippen molar-refractivity contribution in [3.05, 3.63) is 11.9 Å². The van der Waals surface area contributed by atoms with Gasteiger partial charge in [-0.2, -0.15) is 0 Å². The Morgan fingerprint density at radius 2 is 2.20 bits per heavy atom. The summed E-state index contributed by atoms with van der Waals surface area (Å²) in [6, 6.07) is 0. The van der Waals surface area contributed by atoms with Crippen LogP contribution in [0.5, 0.6) is 0 Å². The first-order valence-corrected chi connectivity index (χ1v) is 5.99. The second-order valence-electron chi connectivity index (χ2n) is 4.68. The van der Waals surface area contributed by atoms with Crippen molar-refractivity contribution in [1.82, 2.24) is 9.55 Å². The smallest absolute Gasteiger partial charge is 0.202 e. The van der Waals surface area contributed by atoms with Crippen molar-refractivity contribution in [3.63, 3.8) is 0 Å². The third-order valence-electron chi connectivity index (χ3n) is 3.31. The molecule has 0 saturated heterocycles. The van der Waals surface area contributed by atoms with Gasteiger partial charge in [0, 0.05) is 19.8 Å². The van der Waals surface area contributed by atoms with Gasteiger partial charge in [-0.3, -0.25) is 0 Å². The van der Waals surface area contributed by atoms with Crippen LogP contribution < -0.4 is 5.32 Å². The molecule has 0 amide bonds. The third kappa shape index (κ3) is 2.74. The van der Waals surface area contributed by atoms with Gasteiger partial charge in [-0.05, 0) is 19.3 Å². The van der Waals surface area contributed by atoms with Crippen LogP contribution in [-0.2, 0) is 7.05 Å². The molecule has 0 unspecified atom stereocenters. The fraction of sp³-hybridized carbons (Fsp3) is 0.750. The van der Waals surface area contributed by atoms with Gasteiger partial charge in [0.25, 0.3) is 0 Å². The van der Waals surface area contributed by atoms with E-state index in [9.17, 15) is 0 Å². The Hall–Kier alpha value is -0.990. The van der Waals surface area contributed by atoms with E-state index in [1.165, 1.54) is 32.1 Å². The molecule has 1 aliphatic rings.